The number of aryl methyl sites for hydroxylation is 1. The Bertz CT molecular complexity index is 1200. The van der Waals surface area contributed by atoms with E-state index < -0.39 is 29.7 Å². The van der Waals surface area contributed by atoms with Crippen LogP contribution in [0.1, 0.15) is 74.8 Å². The molecule has 1 N–H and O–H groups in total. The van der Waals surface area contributed by atoms with Gasteiger partial charge in [-0.2, -0.15) is 5.10 Å². The van der Waals surface area contributed by atoms with E-state index in [4.69, 9.17) is 0 Å². The number of likely N-dealkylation sites (tertiary alicyclic amines) is 1. The fourth-order valence-electron chi connectivity index (χ4n) is 4.90. The summed E-state index contributed by atoms with van der Waals surface area (Å²) in [6, 6.07) is 3.32. The maximum absolute atomic E-state index is 13.4. The van der Waals surface area contributed by atoms with Crippen LogP contribution in [-0.2, 0) is 16.6 Å². The van der Waals surface area contributed by atoms with Gasteiger partial charge in [0, 0.05) is 37.3 Å². The standard InChI is InChI=1S/C23H23N5O5/c1-26-12-14(11-24-26)17-4-2-3-9-27(17)21(31)13-5-6-15-16(10-13)23(33)28(22(15)32)18-7-8-19(29)25-20(18)30/h5-6,10-12,17-18H,2-4,7-9H2,1H3,(H,25,29,30). The minimum atomic E-state index is -1.04. The summed E-state index contributed by atoms with van der Waals surface area (Å²) in [5.74, 6) is -2.52. The lowest BCUT2D eigenvalue weighted by Gasteiger charge is -2.35. The Labute approximate surface area is 189 Å². The van der Waals surface area contributed by atoms with Gasteiger partial charge in [-0.05, 0) is 43.9 Å². The summed E-state index contributed by atoms with van der Waals surface area (Å²) < 4.78 is 1.70. The molecule has 3 aliphatic heterocycles. The molecule has 5 rings (SSSR count). The molecule has 1 aromatic carbocycles. The number of aromatic nitrogens is 2. The van der Waals surface area contributed by atoms with Crippen LogP contribution in [0.3, 0.4) is 0 Å². The number of rotatable bonds is 3. The van der Waals surface area contributed by atoms with Crippen LogP contribution in [-0.4, -0.2) is 61.7 Å². The van der Waals surface area contributed by atoms with Crippen molar-refractivity contribution >= 4 is 29.5 Å². The number of carbonyl (C=O) groups is 5. The summed E-state index contributed by atoms with van der Waals surface area (Å²) in [7, 11) is 1.83. The molecule has 0 bridgehead atoms. The lowest BCUT2D eigenvalue weighted by molar-refractivity contribution is -0.136. The number of nitrogens with zero attached hydrogens (tertiary/aromatic N) is 4. The first-order chi connectivity index (χ1) is 15.8. The van der Waals surface area contributed by atoms with Crippen molar-refractivity contribution < 1.29 is 24.0 Å². The van der Waals surface area contributed by atoms with Gasteiger partial charge in [-0.3, -0.25) is 38.9 Å². The van der Waals surface area contributed by atoms with Crippen molar-refractivity contribution in [3.63, 3.8) is 0 Å². The zero-order valence-corrected chi connectivity index (χ0v) is 18.1. The third kappa shape index (κ3) is 3.51. The molecule has 0 spiro atoms. The second-order valence-corrected chi connectivity index (χ2v) is 8.67. The van der Waals surface area contributed by atoms with E-state index in [1.807, 2.05) is 13.2 Å². The molecule has 2 fully saturated rings. The second-order valence-electron chi connectivity index (χ2n) is 8.67. The molecule has 10 heteroatoms. The zero-order chi connectivity index (χ0) is 23.3. The molecule has 2 unspecified atom stereocenters. The molecule has 0 radical (unpaired) electrons. The SMILES string of the molecule is Cn1cc(C2CCCCN2C(=O)c2ccc3c(c2)C(=O)N(C2CCC(=O)NC2=O)C3=O)cn1. The van der Waals surface area contributed by atoms with Crippen LogP contribution in [0, 0.1) is 0 Å². The first-order valence-electron chi connectivity index (χ1n) is 11.0. The van der Waals surface area contributed by atoms with Crippen molar-refractivity contribution in [3.8, 4) is 0 Å². The molecule has 2 saturated heterocycles. The Morgan fingerprint density at radius 3 is 2.55 bits per heavy atom. The topological polar surface area (TPSA) is 122 Å². The molecule has 3 aliphatic rings. The van der Waals surface area contributed by atoms with E-state index in [9.17, 15) is 24.0 Å². The van der Waals surface area contributed by atoms with E-state index in [2.05, 4.69) is 10.4 Å². The van der Waals surface area contributed by atoms with Crippen molar-refractivity contribution in [1.29, 1.82) is 0 Å². The van der Waals surface area contributed by atoms with Gasteiger partial charge in [-0.15, -0.1) is 0 Å². The molecule has 170 valence electrons. The summed E-state index contributed by atoms with van der Waals surface area (Å²) in [6.45, 7) is 0.588. The van der Waals surface area contributed by atoms with Gasteiger partial charge in [0.25, 0.3) is 17.7 Å². The van der Waals surface area contributed by atoms with Gasteiger partial charge in [0.15, 0.2) is 0 Å². The van der Waals surface area contributed by atoms with Crippen LogP contribution in [0.4, 0.5) is 0 Å². The summed E-state index contributed by atoms with van der Waals surface area (Å²) in [5, 5.41) is 6.40. The van der Waals surface area contributed by atoms with Gasteiger partial charge in [-0.1, -0.05) is 0 Å². The normalized spacial score (nSPS) is 23.1. The monoisotopic (exact) mass is 449 g/mol. The molecule has 2 atom stereocenters. The second kappa shape index (κ2) is 7.95. The van der Waals surface area contributed by atoms with Gasteiger partial charge >= 0.3 is 0 Å². The summed E-state index contributed by atoms with van der Waals surface area (Å²) >= 11 is 0. The van der Waals surface area contributed by atoms with Crippen molar-refractivity contribution in [2.45, 2.75) is 44.2 Å². The molecule has 1 aromatic heterocycles. The molecule has 2 aromatic rings. The van der Waals surface area contributed by atoms with E-state index in [0.29, 0.717) is 12.1 Å². The van der Waals surface area contributed by atoms with Gasteiger partial charge in [0.05, 0.1) is 23.4 Å². The number of amides is 5. The van der Waals surface area contributed by atoms with E-state index in [1.165, 1.54) is 12.1 Å². The maximum atomic E-state index is 13.4. The highest BCUT2D eigenvalue weighted by Crippen LogP contribution is 2.33. The fourth-order valence-corrected chi connectivity index (χ4v) is 4.90. The van der Waals surface area contributed by atoms with Crippen LogP contribution in [0.15, 0.2) is 30.6 Å². The summed E-state index contributed by atoms with van der Waals surface area (Å²) in [6.07, 6.45) is 6.51. The van der Waals surface area contributed by atoms with Crippen LogP contribution in [0.25, 0.3) is 0 Å². The predicted octanol–water partition coefficient (Wildman–Crippen LogP) is 1.19. The number of nitrogens with one attached hydrogen (secondary N) is 1. The number of carbonyl (C=O) groups excluding carboxylic acids is 5. The van der Waals surface area contributed by atoms with Crippen LogP contribution in [0.2, 0.25) is 0 Å². The molecular weight excluding hydrogens is 426 g/mol. The quantitative estimate of drug-likeness (QED) is 0.703. The Balaban J connectivity index is 1.42. The number of imide groups is 2. The van der Waals surface area contributed by atoms with Crippen LogP contribution >= 0.6 is 0 Å². The highest BCUT2D eigenvalue weighted by Gasteiger charge is 2.45. The van der Waals surface area contributed by atoms with E-state index in [-0.39, 0.29) is 35.9 Å². The minimum Gasteiger partial charge on any atom is -0.331 e. The van der Waals surface area contributed by atoms with Crippen LogP contribution in [0.5, 0.6) is 0 Å². The third-order valence-electron chi connectivity index (χ3n) is 6.56. The Kier molecular flexibility index (Phi) is 5.07. The lowest BCUT2D eigenvalue weighted by Crippen LogP contribution is -2.54. The highest BCUT2D eigenvalue weighted by atomic mass is 16.2. The molecular formula is C23H23N5O5. The van der Waals surface area contributed by atoms with Crippen molar-refractivity contribution in [2.75, 3.05) is 6.54 Å². The Morgan fingerprint density at radius 2 is 1.82 bits per heavy atom. The zero-order valence-electron chi connectivity index (χ0n) is 18.1. The number of hydrogen-bond acceptors (Lipinski definition) is 6. The minimum absolute atomic E-state index is 0.0538. The first-order valence-corrected chi connectivity index (χ1v) is 11.0. The van der Waals surface area contributed by atoms with Crippen molar-refractivity contribution in [2.24, 2.45) is 7.05 Å². The van der Waals surface area contributed by atoms with E-state index in [0.717, 1.165) is 29.7 Å². The number of benzene rings is 1. The fraction of sp³-hybridized carbons (Fsp3) is 0.391. The van der Waals surface area contributed by atoms with Gasteiger partial charge < -0.3 is 4.90 Å². The van der Waals surface area contributed by atoms with E-state index in [1.54, 1.807) is 21.8 Å². The highest BCUT2D eigenvalue weighted by molar-refractivity contribution is 6.24. The van der Waals surface area contributed by atoms with Gasteiger partial charge in [0.2, 0.25) is 11.8 Å². The van der Waals surface area contributed by atoms with Crippen molar-refractivity contribution in [3.05, 3.63) is 52.8 Å². The molecule has 33 heavy (non-hydrogen) atoms. The van der Waals surface area contributed by atoms with Gasteiger partial charge in [-0.25, -0.2) is 0 Å². The molecule has 0 saturated carbocycles. The Hall–Kier alpha value is -3.82. The smallest absolute Gasteiger partial charge is 0.262 e. The third-order valence-corrected chi connectivity index (χ3v) is 6.56. The molecule has 4 heterocycles. The average molecular weight is 449 g/mol. The van der Waals surface area contributed by atoms with E-state index >= 15 is 0 Å². The molecule has 10 nitrogen and oxygen atoms in total. The molecule has 0 aliphatic carbocycles. The average Bonchev–Trinajstić information content (AvgIpc) is 3.35. The number of piperidine rings is 2. The summed E-state index contributed by atoms with van der Waals surface area (Å²) in [5.41, 5.74) is 1.53. The maximum Gasteiger partial charge on any atom is 0.262 e. The largest absolute Gasteiger partial charge is 0.331 e. The lowest BCUT2D eigenvalue weighted by atomic mass is 9.96. The predicted molar refractivity (Wildman–Crippen MR) is 114 cm³/mol. The van der Waals surface area contributed by atoms with Gasteiger partial charge in [0.1, 0.15) is 6.04 Å². The van der Waals surface area contributed by atoms with Crippen LogP contribution < -0.4 is 5.32 Å². The first kappa shape index (κ1) is 21.0. The number of fused-ring (bicyclic) bond motifs is 1. The summed E-state index contributed by atoms with van der Waals surface area (Å²) in [4.78, 5) is 65.8. The number of hydrogen-bond donors (Lipinski definition) is 1. The van der Waals surface area contributed by atoms with Crippen molar-refractivity contribution in [1.82, 2.24) is 24.9 Å². The Morgan fingerprint density at radius 1 is 1.03 bits per heavy atom. The molecule has 5 amide bonds.